The molecule has 1 heterocycles. The molecule has 0 aliphatic heterocycles. The number of fused-ring (bicyclic) bond motifs is 1. The predicted molar refractivity (Wildman–Crippen MR) is 69.3 cm³/mol. The average Bonchev–Trinajstić information content (AvgIpc) is 3.27. The van der Waals surface area contributed by atoms with Gasteiger partial charge >= 0.3 is 0 Å². The SMILES string of the molecule is Nc1ccc(N(CC2CC2)C2CC2)c2nonc12. The summed E-state index contributed by atoms with van der Waals surface area (Å²) in [5.41, 5.74) is 9.16. The zero-order valence-corrected chi connectivity index (χ0v) is 10.2. The molecule has 5 nitrogen and oxygen atoms in total. The second-order valence-corrected chi connectivity index (χ2v) is 5.46. The maximum Gasteiger partial charge on any atom is 0.160 e. The normalized spacial score (nSPS) is 19.3. The summed E-state index contributed by atoms with van der Waals surface area (Å²) in [6.07, 6.45) is 5.28. The molecule has 2 fully saturated rings. The molecule has 0 amide bonds. The highest BCUT2D eigenvalue weighted by Gasteiger charge is 2.35. The Balaban J connectivity index is 1.78. The summed E-state index contributed by atoms with van der Waals surface area (Å²) < 4.78 is 4.85. The number of hydrogen-bond donors (Lipinski definition) is 1. The first kappa shape index (κ1) is 10.2. The average molecular weight is 244 g/mol. The van der Waals surface area contributed by atoms with Crippen LogP contribution in [0.5, 0.6) is 0 Å². The van der Waals surface area contributed by atoms with E-state index in [4.69, 9.17) is 10.4 Å². The molecule has 0 atom stereocenters. The van der Waals surface area contributed by atoms with Gasteiger partial charge < -0.3 is 10.6 Å². The van der Waals surface area contributed by atoms with Gasteiger partial charge in [0.25, 0.3) is 0 Å². The second-order valence-electron chi connectivity index (χ2n) is 5.46. The Morgan fingerprint density at radius 1 is 1.17 bits per heavy atom. The highest BCUT2D eigenvalue weighted by atomic mass is 16.6. The van der Waals surface area contributed by atoms with E-state index in [1.54, 1.807) is 0 Å². The summed E-state index contributed by atoms with van der Waals surface area (Å²) in [7, 11) is 0. The molecule has 0 radical (unpaired) electrons. The van der Waals surface area contributed by atoms with Crippen LogP contribution in [-0.2, 0) is 0 Å². The van der Waals surface area contributed by atoms with E-state index < -0.39 is 0 Å². The van der Waals surface area contributed by atoms with Gasteiger partial charge in [-0.25, -0.2) is 4.63 Å². The molecule has 0 saturated heterocycles. The number of nitrogen functional groups attached to an aromatic ring is 1. The molecule has 0 spiro atoms. The Morgan fingerprint density at radius 3 is 2.67 bits per heavy atom. The Bertz CT molecular complexity index is 586. The number of benzene rings is 1. The number of hydrogen-bond acceptors (Lipinski definition) is 5. The van der Waals surface area contributed by atoms with E-state index in [0.717, 1.165) is 23.7 Å². The lowest BCUT2D eigenvalue weighted by atomic mass is 10.2. The third-order valence-corrected chi connectivity index (χ3v) is 3.87. The third-order valence-electron chi connectivity index (χ3n) is 3.87. The van der Waals surface area contributed by atoms with E-state index in [-0.39, 0.29) is 0 Å². The lowest BCUT2D eigenvalue weighted by Crippen LogP contribution is -2.28. The minimum Gasteiger partial charge on any atom is -0.397 e. The molecule has 0 unspecified atom stereocenters. The van der Waals surface area contributed by atoms with Crippen molar-refractivity contribution in [3.8, 4) is 0 Å². The maximum atomic E-state index is 5.89. The van der Waals surface area contributed by atoms with E-state index in [0.29, 0.717) is 17.2 Å². The van der Waals surface area contributed by atoms with Gasteiger partial charge in [0.15, 0.2) is 11.0 Å². The Morgan fingerprint density at radius 2 is 1.94 bits per heavy atom. The minimum atomic E-state index is 0.636. The number of rotatable bonds is 4. The first-order chi connectivity index (χ1) is 8.83. The van der Waals surface area contributed by atoms with Gasteiger partial charge in [0, 0.05) is 12.6 Å². The minimum absolute atomic E-state index is 0.636. The van der Waals surface area contributed by atoms with E-state index >= 15 is 0 Å². The second kappa shape index (κ2) is 3.60. The van der Waals surface area contributed by atoms with Gasteiger partial charge in [0.2, 0.25) is 0 Å². The Labute approximate surface area is 105 Å². The van der Waals surface area contributed by atoms with Crippen LogP contribution in [0.2, 0.25) is 0 Å². The molecular formula is C13H16N4O. The fourth-order valence-electron chi connectivity index (χ4n) is 2.51. The zero-order valence-electron chi connectivity index (χ0n) is 10.2. The molecule has 18 heavy (non-hydrogen) atoms. The van der Waals surface area contributed by atoms with Crippen LogP contribution in [0.15, 0.2) is 16.8 Å². The molecule has 1 aromatic carbocycles. The monoisotopic (exact) mass is 244 g/mol. The first-order valence-electron chi connectivity index (χ1n) is 6.60. The van der Waals surface area contributed by atoms with Crippen LogP contribution in [0.3, 0.4) is 0 Å². The predicted octanol–water partition coefficient (Wildman–Crippen LogP) is 2.18. The zero-order chi connectivity index (χ0) is 12.1. The lowest BCUT2D eigenvalue weighted by molar-refractivity contribution is 0.315. The molecular weight excluding hydrogens is 228 g/mol. The van der Waals surface area contributed by atoms with Crippen molar-refractivity contribution in [2.45, 2.75) is 31.7 Å². The molecule has 5 heteroatoms. The fourth-order valence-corrected chi connectivity index (χ4v) is 2.51. The van der Waals surface area contributed by atoms with Crippen LogP contribution in [0.25, 0.3) is 11.0 Å². The van der Waals surface area contributed by atoms with Crippen molar-refractivity contribution in [1.29, 1.82) is 0 Å². The molecule has 2 aliphatic rings. The first-order valence-corrected chi connectivity index (χ1v) is 6.60. The summed E-state index contributed by atoms with van der Waals surface area (Å²) in [5, 5.41) is 7.93. The summed E-state index contributed by atoms with van der Waals surface area (Å²) in [6.45, 7) is 1.14. The molecule has 1 aromatic heterocycles. The molecule has 0 bridgehead atoms. The van der Waals surface area contributed by atoms with E-state index in [1.165, 1.54) is 25.7 Å². The summed E-state index contributed by atoms with van der Waals surface area (Å²) in [4.78, 5) is 2.48. The molecule has 2 N–H and O–H groups in total. The van der Waals surface area contributed by atoms with Gasteiger partial charge in [-0.15, -0.1) is 0 Å². The topological polar surface area (TPSA) is 68.2 Å². The number of nitrogens with zero attached hydrogens (tertiary/aromatic N) is 3. The van der Waals surface area contributed by atoms with Gasteiger partial charge in [-0.2, -0.15) is 0 Å². The van der Waals surface area contributed by atoms with Gasteiger partial charge in [0.05, 0.1) is 11.4 Å². The van der Waals surface area contributed by atoms with Crippen LogP contribution in [-0.4, -0.2) is 22.9 Å². The number of nitrogens with two attached hydrogens (primary N) is 1. The lowest BCUT2D eigenvalue weighted by Gasteiger charge is -2.24. The van der Waals surface area contributed by atoms with E-state index in [9.17, 15) is 0 Å². The Hall–Kier alpha value is -1.78. The molecule has 2 aromatic rings. The van der Waals surface area contributed by atoms with Crippen molar-refractivity contribution in [2.75, 3.05) is 17.2 Å². The molecule has 2 saturated carbocycles. The maximum absolute atomic E-state index is 5.89. The van der Waals surface area contributed by atoms with Crippen LogP contribution >= 0.6 is 0 Å². The molecule has 2 aliphatic carbocycles. The van der Waals surface area contributed by atoms with E-state index in [1.807, 2.05) is 6.07 Å². The number of aromatic nitrogens is 2. The quantitative estimate of drug-likeness (QED) is 0.835. The highest BCUT2D eigenvalue weighted by molar-refractivity contribution is 5.95. The smallest absolute Gasteiger partial charge is 0.160 e. The van der Waals surface area contributed by atoms with Crippen molar-refractivity contribution >= 4 is 22.4 Å². The third kappa shape index (κ3) is 1.62. The number of anilines is 2. The van der Waals surface area contributed by atoms with Crippen LogP contribution in [0.4, 0.5) is 11.4 Å². The largest absolute Gasteiger partial charge is 0.397 e. The summed E-state index contributed by atoms with van der Waals surface area (Å²) >= 11 is 0. The van der Waals surface area contributed by atoms with Crippen molar-refractivity contribution < 1.29 is 4.63 Å². The summed E-state index contributed by atoms with van der Waals surface area (Å²) in [5.74, 6) is 0.859. The van der Waals surface area contributed by atoms with Crippen LogP contribution < -0.4 is 10.6 Å². The van der Waals surface area contributed by atoms with Crippen molar-refractivity contribution in [1.82, 2.24) is 10.3 Å². The van der Waals surface area contributed by atoms with Gasteiger partial charge in [-0.1, -0.05) is 0 Å². The fraction of sp³-hybridized carbons (Fsp3) is 0.538. The van der Waals surface area contributed by atoms with Gasteiger partial charge in [0.1, 0.15) is 0 Å². The Kier molecular flexibility index (Phi) is 2.04. The van der Waals surface area contributed by atoms with Crippen LogP contribution in [0.1, 0.15) is 25.7 Å². The standard InChI is InChI=1S/C13H16N4O/c14-10-5-6-11(13-12(10)15-18-16-13)17(9-3-4-9)7-8-1-2-8/h5-6,8-9H,1-4,7,14H2. The van der Waals surface area contributed by atoms with Crippen molar-refractivity contribution in [3.63, 3.8) is 0 Å². The van der Waals surface area contributed by atoms with Gasteiger partial charge in [-0.3, -0.25) is 0 Å². The highest BCUT2D eigenvalue weighted by Crippen LogP contribution is 2.40. The van der Waals surface area contributed by atoms with E-state index in [2.05, 4.69) is 21.3 Å². The molecule has 4 rings (SSSR count). The molecule has 94 valence electrons. The van der Waals surface area contributed by atoms with Crippen molar-refractivity contribution in [3.05, 3.63) is 12.1 Å². The van der Waals surface area contributed by atoms with Gasteiger partial charge in [-0.05, 0) is 54.0 Å². The van der Waals surface area contributed by atoms with Crippen molar-refractivity contribution in [2.24, 2.45) is 5.92 Å². The van der Waals surface area contributed by atoms with Crippen LogP contribution in [0, 0.1) is 5.92 Å². The summed E-state index contributed by atoms with van der Waals surface area (Å²) in [6, 6.07) is 4.64.